The minimum atomic E-state index is -0.664. The van der Waals surface area contributed by atoms with Crippen molar-refractivity contribution in [3.63, 3.8) is 0 Å². The topological polar surface area (TPSA) is 57.6 Å². The lowest BCUT2D eigenvalue weighted by Gasteiger charge is -2.19. The molecule has 104 valence electrons. The van der Waals surface area contributed by atoms with E-state index in [2.05, 4.69) is 11.8 Å². The van der Waals surface area contributed by atoms with Crippen LogP contribution in [-0.4, -0.2) is 23.5 Å². The molecule has 0 radical (unpaired) electrons. The van der Waals surface area contributed by atoms with Crippen molar-refractivity contribution in [2.24, 2.45) is 5.41 Å². The number of benzene rings is 1. The van der Waals surface area contributed by atoms with Gasteiger partial charge in [0.25, 0.3) is 0 Å². The van der Waals surface area contributed by atoms with Crippen molar-refractivity contribution in [2.45, 2.75) is 26.7 Å². The molecule has 4 nitrogen and oxygen atoms in total. The van der Waals surface area contributed by atoms with Crippen LogP contribution in [0.1, 0.15) is 32.3 Å². The summed E-state index contributed by atoms with van der Waals surface area (Å²) in [5.41, 5.74) is 0.488. The Kier molecular flexibility index (Phi) is 3.91. The molecule has 0 aromatic heterocycles. The standard InChI is InChI=1S/C16H17NO3/c1-16(2)11-14(19)17(15(16)20)13-9-4-3-7-12(13)8-5-6-10-18/h3-4,7,9,18H,6,10-11H2,1-2H3. The fraction of sp³-hybridized carbons (Fsp3) is 0.375. The third-order valence-corrected chi connectivity index (χ3v) is 3.23. The van der Waals surface area contributed by atoms with Crippen LogP contribution in [0, 0.1) is 17.3 Å². The van der Waals surface area contributed by atoms with Gasteiger partial charge in [-0.2, -0.15) is 0 Å². The Bertz CT molecular complexity index is 608. The highest BCUT2D eigenvalue weighted by molar-refractivity contribution is 6.22. The van der Waals surface area contributed by atoms with Crippen LogP contribution in [0.15, 0.2) is 24.3 Å². The molecule has 2 rings (SSSR count). The van der Waals surface area contributed by atoms with E-state index >= 15 is 0 Å². The number of imide groups is 1. The van der Waals surface area contributed by atoms with Gasteiger partial charge in [0.05, 0.1) is 17.7 Å². The van der Waals surface area contributed by atoms with E-state index in [-0.39, 0.29) is 24.8 Å². The van der Waals surface area contributed by atoms with Crippen molar-refractivity contribution in [1.82, 2.24) is 0 Å². The normalized spacial score (nSPS) is 17.1. The summed E-state index contributed by atoms with van der Waals surface area (Å²) in [6.07, 6.45) is 0.575. The molecule has 4 heteroatoms. The van der Waals surface area contributed by atoms with Crippen LogP contribution in [0.5, 0.6) is 0 Å². The van der Waals surface area contributed by atoms with Gasteiger partial charge < -0.3 is 5.11 Å². The maximum atomic E-state index is 12.3. The van der Waals surface area contributed by atoms with Crippen LogP contribution in [0.2, 0.25) is 0 Å². The Morgan fingerprint density at radius 2 is 2.00 bits per heavy atom. The minimum absolute atomic E-state index is 0.0101. The molecule has 1 aliphatic heterocycles. The van der Waals surface area contributed by atoms with Crippen LogP contribution in [-0.2, 0) is 9.59 Å². The molecule has 1 saturated heterocycles. The second kappa shape index (κ2) is 5.48. The first-order chi connectivity index (χ1) is 9.47. The summed E-state index contributed by atoms with van der Waals surface area (Å²) < 4.78 is 0. The van der Waals surface area contributed by atoms with Crippen molar-refractivity contribution in [2.75, 3.05) is 11.5 Å². The van der Waals surface area contributed by atoms with Gasteiger partial charge in [0, 0.05) is 18.4 Å². The van der Waals surface area contributed by atoms with Crippen LogP contribution < -0.4 is 4.90 Å². The number of hydrogen-bond acceptors (Lipinski definition) is 3. The molecular weight excluding hydrogens is 254 g/mol. The van der Waals surface area contributed by atoms with E-state index in [0.717, 1.165) is 0 Å². The first kappa shape index (κ1) is 14.3. The first-order valence-corrected chi connectivity index (χ1v) is 6.53. The number of aliphatic hydroxyl groups is 1. The Morgan fingerprint density at radius 1 is 1.30 bits per heavy atom. The molecular formula is C16H17NO3. The minimum Gasteiger partial charge on any atom is -0.395 e. The number of amides is 2. The van der Waals surface area contributed by atoms with E-state index in [1.54, 1.807) is 32.0 Å². The number of para-hydroxylation sites is 1. The molecule has 1 fully saturated rings. The average Bonchev–Trinajstić information content (AvgIpc) is 2.60. The van der Waals surface area contributed by atoms with Gasteiger partial charge in [-0.1, -0.05) is 37.8 Å². The number of aliphatic hydroxyl groups excluding tert-OH is 1. The summed E-state index contributed by atoms with van der Waals surface area (Å²) in [5, 5.41) is 8.76. The highest BCUT2D eigenvalue weighted by Crippen LogP contribution is 2.36. The van der Waals surface area contributed by atoms with E-state index in [9.17, 15) is 9.59 Å². The largest absolute Gasteiger partial charge is 0.395 e. The quantitative estimate of drug-likeness (QED) is 0.658. The zero-order chi connectivity index (χ0) is 14.8. The van der Waals surface area contributed by atoms with Gasteiger partial charge in [0.2, 0.25) is 11.8 Å². The molecule has 0 unspecified atom stereocenters. The van der Waals surface area contributed by atoms with Crippen molar-refractivity contribution in [1.29, 1.82) is 0 Å². The molecule has 1 heterocycles. The maximum absolute atomic E-state index is 12.3. The van der Waals surface area contributed by atoms with Crippen molar-refractivity contribution in [3.05, 3.63) is 29.8 Å². The first-order valence-electron chi connectivity index (χ1n) is 6.53. The lowest BCUT2D eigenvalue weighted by atomic mass is 9.92. The van der Waals surface area contributed by atoms with Gasteiger partial charge in [-0.25, -0.2) is 4.90 Å². The molecule has 2 amide bonds. The molecule has 0 atom stereocenters. The Balaban J connectivity index is 2.42. The molecule has 1 aromatic carbocycles. The second-order valence-corrected chi connectivity index (χ2v) is 5.39. The SMILES string of the molecule is CC1(C)CC(=O)N(c2ccccc2C#CCCO)C1=O. The van der Waals surface area contributed by atoms with Crippen molar-refractivity contribution < 1.29 is 14.7 Å². The van der Waals surface area contributed by atoms with E-state index in [1.165, 1.54) is 4.90 Å². The highest BCUT2D eigenvalue weighted by Gasteiger charge is 2.45. The monoisotopic (exact) mass is 271 g/mol. The van der Waals surface area contributed by atoms with Crippen LogP contribution in [0.3, 0.4) is 0 Å². The zero-order valence-corrected chi connectivity index (χ0v) is 11.6. The third kappa shape index (κ3) is 2.59. The lowest BCUT2D eigenvalue weighted by molar-refractivity contribution is -0.124. The van der Waals surface area contributed by atoms with E-state index < -0.39 is 5.41 Å². The van der Waals surface area contributed by atoms with Crippen LogP contribution >= 0.6 is 0 Å². The fourth-order valence-corrected chi connectivity index (χ4v) is 2.18. The number of hydrogen-bond donors (Lipinski definition) is 1. The van der Waals surface area contributed by atoms with Gasteiger partial charge in [0.1, 0.15) is 0 Å². The molecule has 1 aliphatic rings. The Hall–Kier alpha value is -2.12. The zero-order valence-electron chi connectivity index (χ0n) is 11.6. The number of carbonyl (C=O) groups excluding carboxylic acids is 2. The summed E-state index contributed by atoms with van der Waals surface area (Å²) in [7, 11) is 0. The predicted octanol–water partition coefficient (Wildman–Crippen LogP) is 1.71. The number of carbonyl (C=O) groups is 2. The highest BCUT2D eigenvalue weighted by atomic mass is 16.2. The lowest BCUT2D eigenvalue weighted by Crippen LogP contribution is -2.33. The average molecular weight is 271 g/mol. The third-order valence-electron chi connectivity index (χ3n) is 3.23. The Labute approximate surface area is 118 Å². The molecule has 0 saturated carbocycles. The summed E-state index contributed by atoms with van der Waals surface area (Å²) in [6, 6.07) is 7.08. The molecule has 1 N–H and O–H groups in total. The molecule has 0 aliphatic carbocycles. The van der Waals surface area contributed by atoms with Crippen LogP contribution in [0.25, 0.3) is 0 Å². The van der Waals surface area contributed by atoms with Gasteiger partial charge >= 0.3 is 0 Å². The maximum Gasteiger partial charge on any atom is 0.239 e. The molecule has 1 aromatic rings. The van der Waals surface area contributed by atoms with E-state index in [1.807, 2.05) is 6.07 Å². The molecule has 0 bridgehead atoms. The van der Waals surface area contributed by atoms with Gasteiger partial charge in [-0.3, -0.25) is 9.59 Å². The number of nitrogens with zero attached hydrogens (tertiary/aromatic N) is 1. The van der Waals surface area contributed by atoms with Gasteiger partial charge in [0.15, 0.2) is 0 Å². The van der Waals surface area contributed by atoms with Gasteiger partial charge in [-0.15, -0.1) is 0 Å². The van der Waals surface area contributed by atoms with E-state index in [0.29, 0.717) is 17.7 Å². The van der Waals surface area contributed by atoms with Gasteiger partial charge in [-0.05, 0) is 12.1 Å². The summed E-state index contributed by atoms with van der Waals surface area (Å²) in [5.74, 6) is 5.33. The molecule has 0 spiro atoms. The number of rotatable bonds is 2. The van der Waals surface area contributed by atoms with Crippen LogP contribution in [0.4, 0.5) is 5.69 Å². The molecule has 20 heavy (non-hydrogen) atoms. The summed E-state index contributed by atoms with van der Waals surface area (Å²) in [6.45, 7) is 3.53. The predicted molar refractivity (Wildman–Crippen MR) is 75.9 cm³/mol. The smallest absolute Gasteiger partial charge is 0.239 e. The number of anilines is 1. The fourth-order valence-electron chi connectivity index (χ4n) is 2.18. The van der Waals surface area contributed by atoms with Crippen molar-refractivity contribution in [3.8, 4) is 11.8 Å². The summed E-state index contributed by atoms with van der Waals surface area (Å²) >= 11 is 0. The Morgan fingerprint density at radius 3 is 2.60 bits per heavy atom. The second-order valence-electron chi connectivity index (χ2n) is 5.39. The summed E-state index contributed by atoms with van der Waals surface area (Å²) in [4.78, 5) is 25.7. The van der Waals surface area contributed by atoms with E-state index in [4.69, 9.17) is 5.11 Å². The van der Waals surface area contributed by atoms with Crippen molar-refractivity contribution >= 4 is 17.5 Å².